The standard InChI is InChI=1S/C21H21N3O4S/c1-2-28-21(25)16-5-7-17(8-6-16)29(26,27)24-12-9-15(10-13-24)19-14-23-20-18(19)4-3-11-22-20/h3-9,11,14H,2,10,12-13H2,1H3,(H,22,23). The number of aromatic amines is 1. The monoisotopic (exact) mass is 411 g/mol. The molecule has 0 unspecified atom stereocenters. The summed E-state index contributed by atoms with van der Waals surface area (Å²) in [6.45, 7) is 2.68. The summed E-state index contributed by atoms with van der Waals surface area (Å²) in [6, 6.07) is 9.76. The molecule has 0 spiro atoms. The Morgan fingerprint density at radius 3 is 2.72 bits per heavy atom. The Kier molecular flexibility index (Phi) is 5.21. The fourth-order valence-corrected chi connectivity index (χ4v) is 4.84. The number of ether oxygens (including phenoxy) is 1. The third-order valence-electron chi connectivity index (χ3n) is 4.97. The highest BCUT2D eigenvalue weighted by atomic mass is 32.2. The molecule has 0 amide bonds. The van der Waals surface area contributed by atoms with Crippen molar-refractivity contribution < 1.29 is 17.9 Å². The van der Waals surface area contributed by atoms with E-state index >= 15 is 0 Å². The highest BCUT2D eigenvalue weighted by Crippen LogP contribution is 2.30. The quantitative estimate of drug-likeness (QED) is 0.651. The topological polar surface area (TPSA) is 92.4 Å². The van der Waals surface area contributed by atoms with E-state index in [1.807, 2.05) is 24.4 Å². The molecule has 0 fully saturated rings. The Hall–Kier alpha value is -2.97. The number of pyridine rings is 1. The number of carbonyl (C=O) groups is 1. The summed E-state index contributed by atoms with van der Waals surface area (Å²) in [5.74, 6) is -0.463. The van der Waals surface area contributed by atoms with E-state index in [4.69, 9.17) is 4.74 Å². The van der Waals surface area contributed by atoms with Crippen LogP contribution in [0.4, 0.5) is 0 Å². The van der Waals surface area contributed by atoms with Crippen LogP contribution in [0, 0.1) is 0 Å². The van der Waals surface area contributed by atoms with Crippen molar-refractivity contribution in [1.29, 1.82) is 0 Å². The summed E-state index contributed by atoms with van der Waals surface area (Å²) in [6.07, 6.45) is 6.22. The van der Waals surface area contributed by atoms with Crippen LogP contribution in [0.3, 0.4) is 0 Å². The molecule has 0 atom stereocenters. The molecule has 7 nitrogen and oxygen atoms in total. The number of fused-ring (bicyclic) bond motifs is 1. The average Bonchev–Trinajstić information content (AvgIpc) is 3.18. The number of H-pyrrole nitrogens is 1. The molecule has 1 aliphatic rings. The van der Waals surface area contributed by atoms with E-state index in [1.54, 1.807) is 13.1 Å². The molecule has 0 saturated heterocycles. The number of hydrogen-bond donors (Lipinski definition) is 1. The Bertz CT molecular complexity index is 1180. The fraction of sp³-hybridized carbons (Fsp3) is 0.238. The van der Waals surface area contributed by atoms with Gasteiger partial charge >= 0.3 is 5.97 Å². The maximum absolute atomic E-state index is 13.0. The van der Waals surface area contributed by atoms with Gasteiger partial charge in [-0.3, -0.25) is 0 Å². The lowest BCUT2D eigenvalue weighted by atomic mass is 10.0. The molecule has 4 rings (SSSR count). The first kappa shape index (κ1) is 19.4. The van der Waals surface area contributed by atoms with Crippen LogP contribution in [0.2, 0.25) is 0 Å². The minimum atomic E-state index is -3.64. The molecule has 0 radical (unpaired) electrons. The Morgan fingerprint density at radius 2 is 2.03 bits per heavy atom. The second-order valence-electron chi connectivity index (χ2n) is 6.69. The Labute approximate surface area is 169 Å². The maximum atomic E-state index is 13.0. The molecule has 1 aliphatic heterocycles. The smallest absolute Gasteiger partial charge is 0.338 e. The molecule has 29 heavy (non-hydrogen) atoms. The first-order chi connectivity index (χ1) is 14.0. The number of nitrogens with zero attached hydrogens (tertiary/aromatic N) is 2. The van der Waals surface area contributed by atoms with Gasteiger partial charge < -0.3 is 9.72 Å². The van der Waals surface area contributed by atoms with Crippen LogP contribution < -0.4 is 0 Å². The molecular weight excluding hydrogens is 390 g/mol. The molecule has 150 valence electrons. The van der Waals surface area contributed by atoms with Gasteiger partial charge in [-0.2, -0.15) is 4.31 Å². The second kappa shape index (κ2) is 7.81. The Morgan fingerprint density at radius 1 is 1.24 bits per heavy atom. The molecule has 1 N–H and O–H groups in total. The SMILES string of the molecule is CCOC(=O)c1ccc(S(=O)(=O)N2CC=C(c3c[nH]c4ncccc34)CC2)cc1. The number of aromatic nitrogens is 2. The number of carbonyl (C=O) groups excluding carboxylic acids is 1. The van der Waals surface area contributed by atoms with Gasteiger partial charge in [-0.05, 0) is 55.3 Å². The first-order valence-corrected chi connectivity index (χ1v) is 10.8. The number of nitrogens with one attached hydrogen (secondary N) is 1. The number of hydrogen-bond acceptors (Lipinski definition) is 5. The van der Waals surface area contributed by atoms with Gasteiger partial charge in [-0.15, -0.1) is 0 Å². The summed E-state index contributed by atoms with van der Waals surface area (Å²) in [5.41, 5.74) is 3.32. The average molecular weight is 411 g/mol. The highest BCUT2D eigenvalue weighted by Gasteiger charge is 2.27. The molecule has 0 aliphatic carbocycles. The van der Waals surface area contributed by atoms with Crippen LogP contribution in [-0.2, 0) is 14.8 Å². The zero-order valence-electron chi connectivity index (χ0n) is 16.0. The van der Waals surface area contributed by atoms with Crippen LogP contribution in [0.1, 0.15) is 29.3 Å². The molecule has 3 heterocycles. The van der Waals surface area contributed by atoms with E-state index in [1.165, 1.54) is 28.6 Å². The first-order valence-electron chi connectivity index (χ1n) is 9.39. The van der Waals surface area contributed by atoms with Crippen molar-refractivity contribution in [3.63, 3.8) is 0 Å². The summed E-state index contributed by atoms with van der Waals surface area (Å²) >= 11 is 0. The van der Waals surface area contributed by atoms with E-state index in [0.29, 0.717) is 25.1 Å². The van der Waals surface area contributed by atoms with Crippen LogP contribution >= 0.6 is 0 Å². The number of sulfonamides is 1. The van der Waals surface area contributed by atoms with E-state index in [9.17, 15) is 13.2 Å². The van der Waals surface area contributed by atoms with Crippen molar-refractivity contribution in [2.24, 2.45) is 0 Å². The lowest BCUT2D eigenvalue weighted by Gasteiger charge is -2.26. The number of benzene rings is 1. The van der Waals surface area contributed by atoms with Crippen LogP contribution in [0.5, 0.6) is 0 Å². The van der Waals surface area contributed by atoms with Crippen LogP contribution in [0.15, 0.2) is 59.8 Å². The molecular formula is C21H21N3O4S. The van der Waals surface area contributed by atoms with Gasteiger partial charge in [0.15, 0.2) is 0 Å². The van der Waals surface area contributed by atoms with Gasteiger partial charge in [-0.25, -0.2) is 18.2 Å². The summed E-state index contributed by atoms with van der Waals surface area (Å²) in [4.78, 5) is 19.4. The van der Waals surface area contributed by atoms with E-state index in [2.05, 4.69) is 9.97 Å². The highest BCUT2D eigenvalue weighted by molar-refractivity contribution is 7.89. The molecule has 0 saturated carbocycles. The Balaban J connectivity index is 1.53. The third-order valence-corrected chi connectivity index (χ3v) is 6.85. The van der Waals surface area contributed by atoms with Gasteiger partial charge in [0.05, 0.1) is 17.1 Å². The molecule has 8 heteroatoms. The van der Waals surface area contributed by atoms with E-state index < -0.39 is 16.0 Å². The zero-order chi connectivity index (χ0) is 20.4. The number of rotatable bonds is 5. The van der Waals surface area contributed by atoms with Gasteiger partial charge in [0.25, 0.3) is 0 Å². The zero-order valence-corrected chi connectivity index (χ0v) is 16.8. The third kappa shape index (κ3) is 3.68. The second-order valence-corrected chi connectivity index (χ2v) is 8.63. The summed E-state index contributed by atoms with van der Waals surface area (Å²) in [5, 5.41) is 1.03. The maximum Gasteiger partial charge on any atom is 0.338 e. The number of esters is 1. The summed E-state index contributed by atoms with van der Waals surface area (Å²) in [7, 11) is -3.64. The lowest BCUT2D eigenvalue weighted by molar-refractivity contribution is 0.0526. The molecule has 2 aromatic heterocycles. The minimum absolute atomic E-state index is 0.165. The van der Waals surface area contributed by atoms with E-state index in [0.717, 1.165) is 22.2 Å². The van der Waals surface area contributed by atoms with Crippen LogP contribution in [-0.4, -0.2) is 48.4 Å². The van der Waals surface area contributed by atoms with E-state index in [-0.39, 0.29) is 11.5 Å². The van der Waals surface area contributed by atoms with Gasteiger partial charge in [-0.1, -0.05) is 6.08 Å². The fourth-order valence-electron chi connectivity index (χ4n) is 3.46. The van der Waals surface area contributed by atoms with Crippen molar-refractivity contribution in [1.82, 2.24) is 14.3 Å². The van der Waals surface area contributed by atoms with Gasteiger partial charge in [0, 0.05) is 36.4 Å². The molecule has 0 bridgehead atoms. The lowest BCUT2D eigenvalue weighted by Crippen LogP contribution is -2.34. The molecule has 3 aromatic rings. The summed E-state index contributed by atoms with van der Waals surface area (Å²) < 4.78 is 32.3. The predicted octanol–water partition coefficient (Wildman–Crippen LogP) is 3.22. The van der Waals surface area contributed by atoms with Crippen molar-refractivity contribution in [2.45, 2.75) is 18.2 Å². The van der Waals surface area contributed by atoms with Crippen molar-refractivity contribution in [3.05, 3.63) is 66.0 Å². The van der Waals surface area contributed by atoms with Crippen molar-refractivity contribution in [2.75, 3.05) is 19.7 Å². The minimum Gasteiger partial charge on any atom is -0.462 e. The van der Waals surface area contributed by atoms with Crippen molar-refractivity contribution in [3.8, 4) is 0 Å². The van der Waals surface area contributed by atoms with Crippen molar-refractivity contribution >= 4 is 32.6 Å². The predicted molar refractivity (Wildman–Crippen MR) is 110 cm³/mol. The van der Waals surface area contributed by atoms with Crippen LogP contribution in [0.25, 0.3) is 16.6 Å². The largest absolute Gasteiger partial charge is 0.462 e. The molecule has 1 aromatic carbocycles. The van der Waals surface area contributed by atoms with Gasteiger partial charge in [0.1, 0.15) is 5.65 Å². The normalized spacial score (nSPS) is 15.3. The van der Waals surface area contributed by atoms with Gasteiger partial charge in [0.2, 0.25) is 10.0 Å².